The fraction of sp³-hybridized carbons (Fsp3) is 0.846. The highest BCUT2D eigenvalue weighted by atomic mass is 16.7. The molecule has 0 N–H and O–H groups in total. The molecular formula is C13H22O2. The van der Waals surface area contributed by atoms with Crippen LogP contribution in [0.5, 0.6) is 0 Å². The molecule has 1 fully saturated rings. The van der Waals surface area contributed by atoms with Gasteiger partial charge in [0.2, 0.25) is 0 Å². The standard InChI is InChI=1S/C13H22O2/c1-10-8-12(15-13(9-10)14-2)11-6-4-3-5-7-11/h9,11-13H,3-8H2,1-2H3. The summed E-state index contributed by atoms with van der Waals surface area (Å²) in [5, 5.41) is 0. The first-order chi connectivity index (χ1) is 7.29. The van der Waals surface area contributed by atoms with Gasteiger partial charge in [0.05, 0.1) is 6.10 Å². The summed E-state index contributed by atoms with van der Waals surface area (Å²) in [4.78, 5) is 0. The summed E-state index contributed by atoms with van der Waals surface area (Å²) in [5.74, 6) is 0.764. The molecular weight excluding hydrogens is 188 g/mol. The Hall–Kier alpha value is -0.340. The molecule has 0 aromatic heterocycles. The van der Waals surface area contributed by atoms with Crippen molar-refractivity contribution in [2.45, 2.75) is 57.8 Å². The molecule has 1 saturated carbocycles. The van der Waals surface area contributed by atoms with Crippen LogP contribution in [-0.4, -0.2) is 19.5 Å². The van der Waals surface area contributed by atoms with Crippen LogP contribution in [0.4, 0.5) is 0 Å². The van der Waals surface area contributed by atoms with Crippen molar-refractivity contribution in [3.63, 3.8) is 0 Å². The van der Waals surface area contributed by atoms with Crippen LogP contribution in [0, 0.1) is 5.92 Å². The van der Waals surface area contributed by atoms with Crippen molar-refractivity contribution in [1.82, 2.24) is 0 Å². The van der Waals surface area contributed by atoms with Crippen LogP contribution in [0.3, 0.4) is 0 Å². The van der Waals surface area contributed by atoms with E-state index in [4.69, 9.17) is 9.47 Å². The zero-order valence-corrected chi connectivity index (χ0v) is 9.87. The molecule has 0 radical (unpaired) electrons. The molecule has 0 aromatic rings. The molecule has 2 heteroatoms. The summed E-state index contributed by atoms with van der Waals surface area (Å²) in [7, 11) is 1.72. The van der Waals surface area contributed by atoms with Gasteiger partial charge in [-0.1, -0.05) is 24.8 Å². The van der Waals surface area contributed by atoms with Crippen LogP contribution in [0.1, 0.15) is 45.4 Å². The van der Waals surface area contributed by atoms with Gasteiger partial charge in [0, 0.05) is 7.11 Å². The fourth-order valence-electron chi connectivity index (χ4n) is 2.78. The highest BCUT2D eigenvalue weighted by Crippen LogP contribution is 2.33. The first-order valence-electron chi connectivity index (χ1n) is 6.15. The molecule has 2 unspecified atom stereocenters. The lowest BCUT2D eigenvalue weighted by atomic mass is 9.82. The third-order valence-corrected chi connectivity index (χ3v) is 3.66. The molecule has 1 aliphatic heterocycles. The second kappa shape index (κ2) is 5.13. The van der Waals surface area contributed by atoms with Crippen LogP contribution >= 0.6 is 0 Å². The zero-order chi connectivity index (χ0) is 10.7. The van der Waals surface area contributed by atoms with E-state index in [1.54, 1.807) is 7.11 Å². The van der Waals surface area contributed by atoms with Gasteiger partial charge in [-0.3, -0.25) is 0 Å². The molecule has 1 aliphatic carbocycles. The second-order valence-electron chi connectivity index (χ2n) is 4.89. The van der Waals surface area contributed by atoms with Gasteiger partial charge < -0.3 is 9.47 Å². The summed E-state index contributed by atoms with van der Waals surface area (Å²) in [6.45, 7) is 2.18. The minimum absolute atomic E-state index is 0.106. The lowest BCUT2D eigenvalue weighted by molar-refractivity contribution is -0.151. The van der Waals surface area contributed by atoms with E-state index in [2.05, 4.69) is 13.0 Å². The topological polar surface area (TPSA) is 18.5 Å². The Bertz CT molecular complexity index is 229. The molecule has 2 nitrogen and oxygen atoms in total. The van der Waals surface area contributed by atoms with Crippen LogP contribution in [0.2, 0.25) is 0 Å². The average Bonchev–Trinajstić information content (AvgIpc) is 2.29. The normalized spacial score (nSPS) is 33.9. The molecule has 1 heterocycles. The quantitative estimate of drug-likeness (QED) is 0.651. The summed E-state index contributed by atoms with van der Waals surface area (Å²) >= 11 is 0. The van der Waals surface area contributed by atoms with Gasteiger partial charge in [0.1, 0.15) is 0 Å². The first-order valence-corrected chi connectivity index (χ1v) is 6.15. The molecule has 0 spiro atoms. The van der Waals surface area contributed by atoms with Crippen molar-refractivity contribution >= 4 is 0 Å². The number of hydrogen-bond donors (Lipinski definition) is 0. The van der Waals surface area contributed by atoms with Crippen molar-refractivity contribution in [3.8, 4) is 0 Å². The van der Waals surface area contributed by atoms with E-state index in [9.17, 15) is 0 Å². The largest absolute Gasteiger partial charge is 0.352 e. The Morgan fingerprint density at radius 2 is 2.00 bits per heavy atom. The van der Waals surface area contributed by atoms with E-state index in [0.29, 0.717) is 6.10 Å². The lowest BCUT2D eigenvalue weighted by Crippen LogP contribution is -2.34. The average molecular weight is 210 g/mol. The molecule has 0 amide bonds. The minimum atomic E-state index is -0.106. The minimum Gasteiger partial charge on any atom is -0.352 e. The van der Waals surface area contributed by atoms with Gasteiger partial charge in [0.15, 0.2) is 6.29 Å². The van der Waals surface area contributed by atoms with Crippen LogP contribution in [0.25, 0.3) is 0 Å². The van der Waals surface area contributed by atoms with Gasteiger partial charge in [-0.05, 0) is 38.2 Å². The number of ether oxygens (including phenoxy) is 2. The SMILES string of the molecule is COC1C=C(C)CC(C2CCCCC2)O1. The van der Waals surface area contributed by atoms with E-state index in [1.165, 1.54) is 37.7 Å². The van der Waals surface area contributed by atoms with Gasteiger partial charge >= 0.3 is 0 Å². The summed E-state index contributed by atoms with van der Waals surface area (Å²) in [6.07, 6.45) is 10.3. The Kier molecular flexibility index (Phi) is 3.81. The molecule has 0 saturated heterocycles. The number of methoxy groups -OCH3 is 1. The van der Waals surface area contributed by atoms with Crippen molar-refractivity contribution in [2.24, 2.45) is 5.92 Å². The van der Waals surface area contributed by atoms with E-state index >= 15 is 0 Å². The van der Waals surface area contributed by atoms with Crippen LogP contribution < -0.4 is 0 Å². The Morgan fingerprint density at radius 3 is 2.67 bits per heavy atom. The van der Waals surface area contributed by atoms with Gasteiger partial charge in [-0.15, -0.1) is 0 Å². The summed E-state index contributed by atoms with van der Waals surface area (Å²) in [6, 6.07) is 0. The monoisotopic (exact) mass is 210 g/mol. The van der Waals surface area contributed by atoms with Crippen LogP contribution in [0.15, 0.2) is 11.6 Å². The second-order valence-corrected chi connectivity index (χ2v) is 4.89. The lowest BCUT2D eigenvalue weighted by Gasteiger charge is -2.35. The Labute approximate surface area is 92.6 Å². The number of rotatable bonds is 2. The molecule has 0 bridgehead atoms. The van der Waals surface area contributed by atoms with Gasteiger partial charge in [-0.25, -0.2) is 0 Å². The highest BCUT2D eigenvalue weighted by molar-refractivity contribution is 5.06. The first kappa shape index (κ1) is 11.2. The predicted octanol–water partition coefficient (Wildman–Crippen LogP) is 3.27. The molecule has 2 aliphatic rings. The Morgan fingerprint density at radius 1 is 1.27 bits per heavy atom. The smallest absolute Gasteiger partial charge is 0.177 e. The third kappa shape index (κ3) is 2.82. The van der Waals surface area contributed by atoms with E-state index in [-0.39, 0.29) is 6.29 Å². The van der Waals surface area contributed by atoms with E-state index in [0.717, 1.165) is 12.3 Å². The van der Waals surface area contributed by atoms with Gasteiger partial charge in [-0.2, -0.15) is 0 Å². The highest BCUT2D eigenvalue weighted by Gasteiger charge is 2.29. The van der Waals surface area contributed by atoms with Crippen molar-refractivity contribution in [1.29, 1.82) is 0 Å². The predicted molar refractivity (Wildman–Crippen MR) is 60.6 cm³/mol. The third-order valence-electron chi connectivity index (χ3n) is 3.66. The van der Waals surface area contributed by atoms with Gasteiger partial charge in [0.25, 0.3) is 0 Å². The van der Waals surface area contributed by atoms with Crippen molar-refractivity contribution in [3.05, 3.63) is 11.6 Å². The molecule has 15 heavy (non-hydrogen) atoms. The fourth-order valence-corrected chi connectivity index (χ4v) is 2.78. The zero-order valence-electron chi connectivity index (χ0n) is 9.87. The maximum absolute atomic E-state index is 5.95. The molecule has 0 aromatic carbocycles. The van der Waals surface area contributed by atoms with E-state index < -0.39 is 0 Å². The van der Waals surface area contributed by atoms with Crippen molar-refractivity contribution in [2.75, 3.05) is 7.11 Å². The van der Waals surface area contributed by atoms with E-state index in [1.807, 2.05) is 0 Å². The summed E-state index contributed by atoms with van der Waals surface area (Å²) in [5.41, 5.74) is 1.42. The molecule has 2 rings (SSSR count). The molecule has 2 atom stereocenters. The maximum atomic E-state index is 5.95. The van der Waals surface area contributed by atoms with Crippen molar-refractivity contribution < 1.29 is 9.47 Å². The number of hydrogen-bond acceptors (Lipinski definition) is 2. The Balaban J connectivity index is 1.95. The summed E-state index contributed by atoms with van der Waals surface area (Å²) < 4.78 is 11.2. The maximum Gasteiger partial charge on any atom is 0.177 e. The molecule has 86 valence electrons. The van der Waals surface area contributed by atoms with Crippen LogP contribution in [-0.2, 0) is 9.47 Å².